The third-order valence-electron chi connectivity index (χ3n) is 3.49. The highest BCUT2D eigenvalue weighted by atomic mass is 19.4. The fraction of sp³-hybridized carbons (Fsp3) is 0.500. The van der Waals surface area contributed by atoms with Gasteiger partial charge in [0.15, 0.2) is 6.61 Å². The summed E-state index contributed by atoms with van der Waals surface area (Å²) < 4.78 is 43.4. The molecule has 0 aliphatic carbocycles. The molecule has 0 aromatic heterocycles. The van der Waals surface area contributed by atoms with Crippen LogP contribution in [0.3, 0.4) is 0 Å². The van der Waals surface area contributed by atoms with Gasteiger partial charge in [-0.1, -0.05) is 26.0 Å². The number of ether oxygens (including phenoxy) is 1. The van der Waals surface area contributed by atoms with Crippen molar-refractivity contribution in [1.82, 2.24) is 5.32 Å². The van der Waals surface area contributed by atoms with Crippen LogP contribution in [0.25, 0.3) is 0 Å². The second-order valence-corrected chi connectivity index (χ2v) is 6.10. The summed E-state index contributed by atoms with van der Waals surface area (Å²) in [5, 5.41) is 11.0. The Balaban J connectivity index is 2.63. The number of carboxylic acids is 1. The molecule has 1 amide bonds. The molecule has 0 fully saturated rings. The van der Waals surface area contributed by atoms with Crippen molar-refractivity contribution in [1.29, 1.82) is 0 Å². The molecule has 1 atom stereocenters. The van der Waals surface area contributed by atoms with E-state index in [4.69, 9.17) is 9.84 Å². The van der Waals surface area contributed by atoms with Crippen molar-refractivity contribution in [2.45, 2.75) is 39.4 Å². The summed E-state index contributed by atoms with van der Waals surface area (Å²) in [7, 11) is 0. The van der Waals surface area contributed by atoms with Gasteiger partial charge in [0.1, 0.15) is 5.75 Å². The first kappa shape index (κ1) is 19.8. The molecule has 1 rings (SSSR count). The summed E-state index contributed by atoms with van der Waals surface area (Å²) in [6.45, 7) is 3.13. The van der Waals surface area contributed by atoms with Crippen LogP contribution in [0.2, 0.25) is 0 Å². The van der Waals surface area contributed by atoms with Crippen LogP contribution in [0.4, 0.5) is 13.2 Å². The van der Waals surface area contributed by atoms with Crippen LogP contribution in [0.1, 0.15) is 38.8 Å². The molecule has 1 aromatic rings. The van der Waals surface area contributed by atoms with Gasteiger partial charge >= 0.3 is 12.1 Å². The van der Waals surface area contributed by atoms with Gasteiger partial charge in [-0.05, 0) is 24.6 Å². The molecule has 1 unspecified atom stereocenters. The molecule has 24 heavy (non-hydrogen) atoms. The first-order chi connectivity index (χ1) is 10.9. The quantitative estimate of drug-likeness (QED) is 0.793. The van der Waals surface area contributed by atoms with Crippen LogP contribution in [0.15, 0.2) is 24.3 Å². The maximum absolute atomic E-state index is 12.8. The van der Waals surface area contributed by atoms with E-state index in [0.717, 1.165) is 13.8 Å². The van der Waals surface area contributed by atoms with E-state index in [2.05, 4.69) is 5.32 Å². The maximum Gasteiger partial charge on any atom is 0.394 e. The Morgan fingerprint density at radius 2 is 1.75 bits per heavy atom. The lowest BCUT2D eigenvalue weighted by atomic mass is 9.88. The molecular weight excluding hydrogens is 327 g/mol. The largest absolute Gasteiger partial charge is 0.482 e. The van der Waals surface area contributed by atoms with Crippen molar-refractivity contribution in [3.05, 3.63) is 29.8 Å². The van der Waals surface area contributed by atoms with E-state index >= 15 is 0 Å². The minimum Gasteiger partial charge on any atom is -0.482 e. The Hall–Kier alpha value is -2.25. The average Bonchev–Trinajstić information content (AvgIpc) is 2.43. The normalized spacial score (nSPS) is 13.2. The Morgan fingerprint density at radius 1 is 1.21 bits per heavy atom. The van der Waals surface area contributed by atoms with Crippen molar-refractivity contribution < 1.29 is 32.6 Å². The Kier molecular flexibility index (Phi) is 6.22. The maximum atomic E-state index is 12.8. The molecule has 0 bridgehead atoms. The lowest BCUT2D eigenvalue weighted by Crippen LogP contribution is -2.38. The number of carbonyl (C=O) groups excluding carboxylic acids is 1. The summed E-state index contributed by atoms with van der Waals surface area (Å²) in [6, 6.07) is 5.78. The van der Waals surface area contributed by atoms with Crippen molar-refractivity contribution in [2.24, 2.45) is 5.41 Å². The molecular formula is C16H20F3NO4. The first-order valence-corrected chi connectivity index (χ1v) is 7.23. The highest BCUT2D eigenvalue weighted by molar-refractivity contribution is 5.77. The van der Waals surface area contributed by atoms with Crippen molar-refractivity contribution in [3.63, 3.8) is 0 Å². The summed E-state index contributed by atoms with van der Waals surface area (Å²) in [5.41, 5.74) is -1.44. The van der Waals surface area contributed by atoms with Crippen LogP contribution in [-0.2, 0) is 9.59 Å². The third kappa shape index (κ3) is 5.75. The summed E-state index contributed by atoms with van der Waals surface area (Å²) >= 11 is 0. The summed E-state index contributed by atoms with van der Waals surface area (Å²) in [6.07, 6.45) is -5.13. The van der Waals surface area contributed by atoms with Gasteiger partial charge < -0.3 is 15.2 Å². The number of hydrogen-bond acceptors (Lipinski definition) is 3. The van der Waals surface area contributed by atoms with E-state index in [1.54, 1.807) is 19.1 Å². The number of carboxylic acid groups (broad SMARTS) is 1. The number of alkyl halides is 3. The zero-order valence-electron chi connectivity index (χ0n) is 13.6. The molecule has 0 aliphatic rings. The number of halogens is 3. The zero-order valence-corrected chi connectivity index (χ0v) is 13.6. The molecule has 1 aromatic carbocycles. The number of rotatable bonds is 7. The highest BCUT2D eigenvalue weighted by Gasteiger charge is 2.48. The first-order valence-electron chi connectivity index (χ1n) is 7.23. The number of hydrogen-bond donors (Lipinski definition) is 2. The molecule has 0 aliphatic heterocycles. The number of nitrogens with one attached hydrogen (secondary N) is 1. The van der Waals surface area contributed by atoms with Gasteiger partial charge in [-0.25, -0.2) is 4.79 Å². The topological polar surface area (TPSA) is 75.6 Å². The number of benzene rings is 1. The third-order valence-corrected chi connectivity index (χ3v) is 3.49. The highest BCUT2D eigenvalue weighted by Crippen LogP contribution is 2.40. The van der Waals surface area contributed by atoms with E-state index in [-0.39, 0.29) is 0 Å². The second-order valence-electron chi connectivity index (χ2n) is 6.10. The lowest BCUT2D eigenvalue weighted by molar-refractivity contribution is -0.213. The molecule has 2 N–H and O–H groups in total. The van der Waals surface area contributed by atoms with Gasteiger partial charge in [0, 0.05) is 6.42 Å². The van der Waals surface area contributed by atoms with Gasteiger partial charge in [0.05, 0.1) is 11.5 Å². The smallest absolute Gasteiger partial charge is 0.394 e. The molecule has 0 saturated heterocycles. The van der Waals surface area contributed by atoms with Crippen LogP contribution in [0, 0.1) is 5.41 Å². The molecule has 0 spiro atoms. The van der Waals surface area contributed by atoms with Crippen molar-refractivity contribution in [2.75, 3.05) is 6.61 Å². The van der Waals surface area contributed by atoms with E-state index in [0.29, 0.717) is 11.3 Å². The monoisotopic (exact) mass is 347 g/mol. The second kappa shape index (κ2) is 7.55. The number of aliphatic carboxylic acids is 1. The Bertz CT molecular complexity index is 582. The SMILES string of the molecule is CC(NC(=O)CC(C)(C)C(F)(F)F)c1ccc(OCC(=O)O)cc1. The molecule has 0 saturated carbocycles. The van der Waals surface area contributed by atoms with Crippen LogP contribution >= 0.6 is 0 Å². The van der Waals surface area contributed by atoms with Gasteiger partial charge in [-0.2, -0.15) is 13.2 Å². The van der Waals surface area contributed by atoms with Crippen molar-refractivity contribution >= 4 is 11.9 Å². The molecule has 0 heterocycles. The fourth-order valence-corrected chi connectivity index (χ4v) is 1.88. The fourth-order valence-electron chi connectivity index (χ4n) is 1.88. The minimum atomic E-state index is -4.46. The van der Waals surface area contributed by atoms with Gasteiger partial charge in [0.2, 0.25) is 5.91 Å². The van der Waals surface area contributed by atoms with Crippen LogP contribution in [-0.4, -0.2) is 29.8 Å². The zero-order chi connectivity index (χ0) is 18.5. The van der Waals surface area contributed by atoms with Gasteiger partial charge in [0.25, 0.3) is 0 Å². The lowest BCUT2D eigenvalue weighted by Gasteiger charge is -2.27. The van der Waals surface area contributed by atoms with Crippen LogP contribution in [0.5, 0.6) is 5.75 Å². The standard InChI is InChI=1S/C16H20F3NO4/c1-10(20-13(21)8-15(2,3)16(17,18)19)11-4-6-12(7-5-11)24-9-14(22)23/h4-7,10H,8-9H2,1-3H3,(H,20,21)(H,22,23). The van der Waals surface area contributed by atoms with E-state index < -0.39 is 42.5 Å². The molecule has 8 heteroatoms. The number of amides is 1. The van der Waals surface area contributed by atoms with Gasteiger partial charge in [-0.3, -0.25) is 4.79 Å². The van der Waals surface area contributed by atoms with Crippen LogP contribution < -0.4 is 10.1 Å². The predicted molar refractivity (Wildman–Crippen MR) is 80.6 cm³/mol. The van der Waals surface area contributed by atoms with E-state index in [1.165, 1.54) is 12.1 Å². The summed E-state index contributed by atoms with van der Waals surface area (Å²) in [4.78, 5) is 22.2. The Morgan fingerprint density at radius 3 is 2.21 bits per heavy atom. The van der Waals surface area contributed by atoms with E-state index in [9.17, 15) is 22.8 Å². The minimum absolute atomic E-state index is 0.345. The molecule has 0 radical (unpaired) electrons. The summed E-state index contributed by atoms with van der Waals surface area (Å²) in [5.74, 6) is -1.46. The van der Waals surface area contributed by atoms with E-state index in [1.807, 2.05) is 0 Å². The van der Waals surface area contributed by atoms with Crippen molar-refractivity contribution in [3.8, 4) is 5.75 Å². The molecule has 5 nitrogen and oxygen atoms in total. The Labute approximate surface area is 137 Å². The van der Waals surface area contributed by atoms with Gasteiger partial charge in [-0.15, -0.1) is 0 Å². The number of carbonyl (C=O) groups is 2. The molecule has 134 valence electrons. The predicted octanol–water partition coefficient (Wildman–Crippen LogP) is 3.31. The average molecular weight is 347 g/mol.